The molecule has 0 saturated carbocycles. The molecule has 1 fully saturated rings. The first-order valence-electron chi connectivity index (χ1n) is 6.87. The van der Waals surface area contributed by atoms with E-state index in [0.29, 0.717) is 17.1 Å². The van der Waals surface area contributed by atoms with E-state index in [0.717, 1.165) is 0 Å². The lowest BCUT2D eigenvalue weighted by Gasteiger charge is -2.32. The third kappa shape index (κ3) is 3.90. The molecule has 0 aromatic heterocycles. The Kier molecular flexibility index (Phi) is 5.38. The number of aliphatic carboxylic acids is 1. The fraction of sp³-hybridized carbons (Fsp3) is 0.400. The lowest BCUT2D eigenvalue weighted by atomic mass is 10.2. The van der Waals surface area contributed by atoms with Crippen molar-refractivity contribution in [1.82, 2.24) is 4.90 Å². The van der Waals surface area contributed by atoms with Crippen LogP contribution in [0.4, 0.5) is 0 Å². The molecule has 122 valence electrons. The summed E-state index contributed by atoms with van der Waals surface area (Å²) in [6.07, 6.45) is 0. The molecule has 1 atom stereocenters. The number of carboxylic acids is 1. The number of amides is 1. The Hall–Kier alpha value is -2.79. The molecule has 1 saturated heterocycles. The minimum absolute atomic E-state index is 0.0404. The van der Waals surface area contributed by atoms with Crippen LogP contribution in [-0.4, -0.2) is 61.4 Å². The first kappa shape index (κ1) is 16.6. The molecule has 0 radical (unpaired) electrons. The van der Waals surface area contributed by atoms with E-state index in [9.17, 15) is 9.59 Å². The summed E-state index contributed by atoms with van der Waals surface area (Å²) in [6, 6.07) is 5.52. The number of hydrogen-bond donors (Lipinski definition) is 1. The summed E-state index contributed by atoms with van der Waals surface area (Å²) >= 11 is 0. The number of carbonyl (C=O) groups excluding carboxylic acids is 1. The number of nitrogens with zero attached hydrogens (tertiary/aromatic N) is 2. The zero-order valence-electron chi connectivity index (χ0n) is 12.5. The SMILES string of the molecule is COc1cc(C#N)ccc1OCC(=O)N1CCOC[C@@H]1C(=O)O. The Labute approximate surface area is 132 Å². The van der Waals surface area contributed by atoms with Gasteiger partial charge in [-0.2, -0.15) is 5.26 Å². The van der Waals surface area contributed by atoms with Crippen LogP contribution in [-0.2, 0) is 14.3 Å². The lowest BCUT2D eigenvalue weighted by Crippen LogP contribution is -2.53. The lowest BCUT2D eigenvalue weighted by molar-refractivity contribution is -0.159. The van der Waals surface area contributed by atoms with Gasteiger partial charge in [0, 0.05) is 12.6 Å². The number of ether oxygens (including phenoxy) is 3. The average Bonchev–Trinajstić information content (AvgIpc) is 2.59. The number of carboxylic acid groups (broad SMARTS) is 1. The van der Waals surface area contributed by atoms with E-state index < -0.39 is 17.9 Å². The maximum absolute atomic E-state index is 12.2. The van der Waals surface area contributed by atoms with E-state index in [4.69, 9.17) is 24.6 Å². The Bertz CT molecular complexity index is 639. The van der Waals surface area contributed by atoms with Crippen LogP contribution in [0, 0.1) is 11.3 Å². The second-order valence-electron chi connectivity index (χ2n) is 4.78. The zero-order chi connectivity index (χ0) is 16.8. The van der Waals surface area contributed by atoms with E-state index in [-0.39, 0.29) is 26.4 Å². The first-order valence-corrected chi connectivity index (χ1v) is 6.87. The third-order valence-corrected chi connectivity index (χ3v) is 3.38. The minimum atomic E-state index is -1.12. The van der Waals surface area contributed by atoms with Crippen molar-refractivity contribution in [2.24, 2.45) is 0 Å². The Morgan fingerprint density at radius 3 is 2.91 bits per heavy atom. The van der Waals surface area contributed by atoms with Crippen molar-refractivity contribution in [2.45, 2.75) is 6.04 Å². The number of hydrogen-bond acceptors (Lipinski definition) is 6. The van der Waals surface area contributed by atoms with Crippen molar-refractivity contribution in [3.63, 3.8) is 0 Å². The Morgan fingerprint density at radius 2 is 2.26 bits per heavy atom. The minimum Gasteiger partial charge on any atom is -0.493 e. The van der Waals surface area contributed by atoms with Crippen molar-refractivity contribution in [3.8, 4) is 17.6 Å². The van der Waals surface area contributed by atoms with Gasteiger partial charge in [-0.15, -0.1) is 0 Å². The van der Waals surface area contributed by atoms with Gasteiger partial charge in [0.1, 0.15) is 0 Å². The number of carbonyl (C=O) groups is 2. The van der Waals surface area contributed by atoms with E-state index in [1.54, 1.807) is 0 Å². The normalized spacial score (nSPS) is 17.2. The molecule has 0 unspecified atom stereocenters. The van der Waals surface area contributed by atoms with Gasteiger partial charge < -0.3 is 24.2 Å². The molecule has 1 aliphatic rings. The summed E-state index contributed by atoms with van der Waals surface area (Å²) < 4.78 is 15.6. The van der Waals surface area contributed by atoms with Gasteiger partial charge in [-0.1, -0.05) is 0 Å². The highest BCUT2D eigenvalue weighted by atomic mass is 16.5. The molecule has 0 aliphatic carbocycles. The van der Waals surface area contributed by atoms with Crippen molar-refractivity contribution in [3.05, 3.63) is 23.8 Å². The number of methoxy groups -OCH3 is 1. The van der Waals surface area contributed by atoms with Crippen molar-refractivity contribution in [2.75, 3.05) is 33.5 Å². The van der Waals surface area contributed by atoms with Crippen LogP contribution in [0.25, 0.3) is 0 Å². The fourth-order valence-electron chi connectivity index (χ4n) is 2.19. The van der Waals surface area contributed by atoms with Crippen LogP contribution >= 0.6 is 0 Å². The van der Waals surface area contributed by atoms with Gasteiger partial charge in [-0.25, -0.2) is 4.79 Å². The van der Waals surface area contributed by atoms with Crippen molar-refractivity contribution in [1.29, 1.82) is 5.26 Å². The highest BCUT2D eigenvalue weighted by Crippen LogP contribution is 2.27. The summed E-state index contributed by atoms with van der Waals surface area (Å²) in [5.74, 6) is -0.935. The van der Waals surface area contributed by atoms with Crippen LogP contribution in [0.15, 0.2) is 18.2 Å². The number of morpholine rings is 1. The quantitative estimate of drug-likeness (QED) is 0.828. The van der Waals surface area contributed by atoms with Crippen LogP contribution in [0.5, 0.6) is 11.5 Å². The molecular weight excluding hydrogens is 304 g/mol. The van der Waals surface area contributed by atoms with Crippen molar-refractivity contribution >= 4 is 11.9 Å². The zero-order valence-corrected chi connectivity index (χ0v) is 12.5. The van der Waals surface area contributed by atoms with E-state index in [1.165, 1.54) is 30.2 Å². The van der Waals surface area contributed by atoms with Crippen molar-refractivity contribution < 1.29 is 28.9 Å². The standard InChI is InChI=1S/C15H16N2O6/c1-21-13-6-10(7-16)2-3-12(13)23-9-14(18)17-4-5-22-8-11(17)15(19)20/h2-3,6,11H,4-5,8-9H2,1H3,(H,19,20)/t11-/m1/s1. The third-order valence-electron chi connectivity index (χ3n) is 3.38. The Balaban J connectivity index is 2.04. The van der Waals surface area contributed by atoms with Crippen LogP contribution < -0.4 is 9.47 Å². The van der Waals surface area contributed by atoms with E-state index >= 15 is 0 Å². The van der Waals surface area contributed by atoms with Gasteiger partial charge in [-0.05, 0) is 12.1 Å². The number of rotatable bonds is 5. The largest absolute Gasteiger partial charge is 0.493 e. The fourth-order valence-corrected chi connectivity index (χ4v) is 2.19. The van der Waals surface area contributed by atoms with Gasteiger partial charge in [0.05, 0.1) is 32.0 Å². The number of benzene rings is 1. The summed E-state index contributed by atoms with van der Waals surface area (Å²) in [4.78, 5) is 24.6. The molecule has 1 amide bonds. The molecule has 0 spiro atoms. The summed E-state index contributed by atoms with van der Waals surface area (Å²) in [6.45, 7) is 0.118. The van der Waals surface area contributed by atoms with E-state index in [2.05, 4.69) is 0 Å². The predicted molar refractivity (Wildman–Crippen MR) is 77.2 cm³/mol. The Morgan fingerprint density at radius 1 is 1.48 bits per heavy atom. The molecule has 1 heterocycles. The molecule has 2 rings (SSSR count). The molecule has 1 aromatic rings. The topological polar surface area (TPSA) is 109 Å². The van der Waals surface area contributed by atoms with Crippen LogP contribution in [0.1, 0.15) is 5.56 Å². The summed E-state index contributed by atoms with van der Waals surface area (Å²) in [7, 11) is 1.42. The highest BCUT2D eigenvalue weighted by Gasteiger charge is 2.32. The first-order chi connectivity index (χ1) is 11.1. The smallest absolute Gasteiger partial charge is 0.328 e. The average molecular weight is 320 g/mol. The van der Waals surface area contributed by atoms with Crippen LogP contribution in [0.3, 0.4) is 0 Å². The summed E-state index contributed by atoms with van der Waals surface area (Å²) in [5, 5.41) is 18.0. The summed E-state index contributed by atoms with van der Waals surface area (Å²) in [5.41, 5.74) is 0.402. The van der Waals surface area contributed by atoms with Gasteiger partial charge in [-0.3, -0.25) is 4.79 Å². The molecule has 1 aliphatic heterocycles. The predicted octanol–water partition coefficient (Wildman–Crippen LogP) is 0.258. The molecule has 23 heavy (non-hydrogen) atoms. The van der Waals surface area contributed by atoms with Gasteiger partial charge in [0.25, 0.3) is 5.91 Å². The number of nitriles is 1. The van der Waals surface area contributed by atoms with E-state index in [1.807, 2.05) is 6.07 Å². The monoisotopic (exact) mass is 320 g/mol. The highest BCUT2D eigenvalue weighted by molar-refractivity contribution is 5.84. The molecule has 0 bridgehead atoms. The maximum Gasteiger partial charge on any atom is 0.328 e. The second-order valence-corrected chi connectivity index (χ2v) is 4.78. The molecule has 8 nitrogen and oxygen atoms in total. The van der Waals surface area contributed by atoms with Gasteiger partial charge in [0.2, 0.25) is 0 Å². The van der Waals surface area contributed by atoms with Gasteiger partial charge >= 0.3 is 5.97 Å². The second kappa shape index (κ2) is 7.47. The molecular formula is C15H16N2O6. The molecule has 1 aromatic carbocycles. The van der Waals surface area contributed by atoms with Crippen LogP contribution in [0.2, 0.25) is 0 Å². The molecule has 1 N–H and O–H groups in total. The van der Waals surface area contributed by atoms with Gasteiger partial charge in [0.15, 0.2) is 24.1 Å². The molecule has 8 heteroatoms. The maximum atomic E-state index is 12.2.